The highest BCUT2D eigenvalue weighted by atomic mass is 19.1. The van der Waals surface area contributed by atoms with E-state index in [9.17, 15) is 9.50 Å². The standard InChI is InChI=1S/C16H22FNO3/c1-11(18-20)15-9-13(17)6-7-16(15)21-10-14(19)8-12-4-2-3-5-12/h6-7,9,12,14,19-20H,2-5,8,10H2,1H3/b18-11-. The van der Waals surface area contributed by atoms with Gasteiger partial charge in [-0.1, -0.05) is 30.8 Å². The molecule has 1 saturated carbocycles. The predicted molar refractivity (Wildman–Crippen MR) is 78.5 cm³/mol. The first-order valence-electron chi connectivity index (χ1n) is 7.39. The molecule has 5 heteroatoms. The fourth-order valence-electron chi connectivity index (χ4n) is 2.85. The Bertz CT molecular complexity index is 498. The van der Waals surface area contributed by atoms with Gasteiger partial charge in [0.15, 0.2) is 0 Å². The molecule has 0 spiro atoms. The first-order valence-corrected chi connectivity index (χ1v) is 7.39. The van der Waals surface area contributed by atoms with Crippen LogP contribution in [0.15, 0.2) is 23.4 Å². The van der Waals surface area contributed by atoms with Gasteiger partial charge in [0.25, 0.3) is 0 Å². The van der Waals surface area contributed by atoms with Gasteiger partial charge in [0.1, 0.15) is 18.2 Å². The van der Waals surface area contributed by atoms with Crippen LogP contribution in [0.3, 0.4) is 0 Å². The molecular weight excluding hydrogens is 273 g/mol. The predicted octanol–water partition coefficient (Wildman–Crippen LogP) is 3.34. The highest BCUT2D eigenvalue weighted by Gasteiger charge is 2.19. The molecular formula is C16H22FNO3. The lowest BCUT2D eigenvalue weighted by atomic mass is 10.0. The van der Waals surface area contributed by atoms with Crippen LogP contribution in [0.5, 0.6) is 5.75 Å². The van der Waals surface area contributed by atoms with E-state index in [4.69, 9.17) is 9.94 Å². The van der Waals surface area contributed by atoms with Gasteiger partial charge in [0.2, 0.25) is 0 Å². The third kappa shape index (κ3) is 4.43. The van der Waals surface area contributed by atoms with Crippen molar-refractivity contribution in [1.29, 1.82) is 0 Å². The second-order valence-electron chi connectivity index (χ2n) is 5.68. The van der Waals surface area contributed by atoms with Gasteiger partial charge < -0.3 is 15.1 Å². The van der Waals surface area contributed by atoms with Crippen LogP contribution in [0.4, 0.5) is 4.39 Å². The van der Waals surface area contributed by atoms with Gasteiger partial charge in [-0.3, -0.25) is 0 Å². The van der Waals surface area contributed by atoms with Crippen LogP contribution in [-0.2, 0) is 0 Å². The highest BCUT2D eigenvalue weighted by molar-refractivity contribution is 6.00. The number of halogens is 1. The summed E-state index contributed by atoms with van der Waals surface area (Å²) in [5, 5.41) is 21.9. The summed E-state index contributed by atoms with van der Waals surface area (Å²) in [4.78, 5) is 0. The third-order valence-corrected chi connectivity index (χ3v) is 3.99. The van der Waals surface area contributed by atoms with E-state index < -0.39 is 11.9 Å². The van der Waals surface area contributed by atoms with Crippen LogP contribution in [0.2, 0.25) is 0 Å². The molecule has 4 nitrogen and oxygen atoms in total. The molecule has 1 aliphatic rings. The molecule has 1 aromatic carbocycles. The second-order valence-corrected chi connectivity index (χ2v) is 5.68. The van der Waals surface area contributed by atoms with E-state index in [2.05, 4.69) is 5.16 Å². The number of ether oxygens (including phenoxy) is 1. The second kappa shape index (κ2) is 7.41. The Morgan fingerprint density at radius 2 is 2.14 bits per heavy atom. The lowest BCUT2D eigenvalue weighted by Crippen LogP contribution is -2.21. The van der Waals surface area contributed by atoms with Gasteiger partial charge in [-0.15, -0.1) is 0 Å². The number of nitrogens with zero attached hydrogens (tertiary/aromatic N) is 1. The Morgan fingerprint density at radius 1 is 1.43 bits per heavy atom. The van der Waals surface area contributed by atoms with Gasteiger partial charge in [0.05, 0.1) is 11.8 Å². The Balaban J connectivity index is 1.95. The van der Waals surface area contributed by atoms with E-state index in [0.29, 0.717) is 17.2 Å². The molecule has 1 fully saturated rings. The molecule has 2 N–H and O–H groups in total. The maximum absolute atomic E-state index is 13.3. The van der Waals surface area contributed by atoms with Crippen molar-refractivity contribution in [2.75, 3.05) is 6.61 Å². The fourth-order valence-corrected chi connectivity index (χ4v) is 2.85. The van der Waals surface area contributed by atoms with E-state index in [1.54, 1.807) is 6.92 Å². The number of hydrogen-bond acceptors (Lipinski definition) is 4. The van der Waals surface area contributed by atoms with Crippen LogP contribution in [0.1, 0.15) is 44.6 Å². The van der Waals surface area contributed by atoms with Crippen LogP contribution in [0.25, 0.3) is 0 Å². The van der Waals surface area contributed by atoms with E-state index >= 15 is 0 Å². The summed E-state index contributed by atoms with van der Waals surface area (Å²) >= 11 is 0. The van der Waals surface area contributed by atoms with Crippen LogP contribution in [-0.4, -0.2) is 28.7 Å². The summed E-state index contributed by atoms with van der Waals surface area (Å²) in [6.07, 6.45) is 5.05. The number of benzene rings is 1. The maximum atomic E-state index is 13.3. The van der Waals surface area contributed by atoms with E-state index in [0.717, 1.165) is 6.42 Å². The van der Waals surface area contributed by atoms with Crippen molar-refractivity contribution in [2.24, 2.45) is 11.1 Å². The van der Waals surface area contributed by atoms with Gasteiger partial charge in [0, 0.05) is 5.56 Å². The Morgan fingerprint density at radius 3 is 2.81 bits per heavy atom. The molecule has 0 heterocycles. The maximum Gasteiger partial charge on any atom is 0.128 e. The van der Waals surface area contributed by atoms with Crippen molar-refractivity contribution in [2.45, 2.75) is 45.1 Å². The molecule has 1 aromatic rings. The minimum atomic E-state index is -0.530. The van der Waals surface area contributed by atoms with Gasteiger partial charge in [-0.25, -0.2) is 4.39 Å². The van der Waals surface area contributed by atoms with Crippen molar-refractivity contribution in [3.63, 3.8) is 0 Å². The zero-order valence-corrected chi connectivity index (χ0v) is 12.3. The number of aliphatic hydroxyl groups is 1. The number of oxime groups is 1. The molecule has 0 bridgehead atoms. The topological polar surface area (TPSA) is 62.1 Å². The summed E-state index contributed by atoms with van der Waals surface area (Å²) in [6.45, 7) is 1.73. The number of rotatable bonds is 6. The van der Waals surface area contributed by atoms with Crippen molar-refractivity contribution in [1.82, 2.24) is 0 Å². The van der Waals surface area contributed by atoms with E-state index in [1.165, 1.54) is 43.9 Å². The molecule has 21 heavy (non-hydrogen) atoms. The average Bonchev–Trinajstić information content (AvgIpc) is 2.98. The molecule has 2 rings (SSSR count). The van der Waals surface area contributed by atoms with Gasteiger partial charge in [-0.2, -0.15) is 0 Å². The van der Waals surface area contributed by atoms with Gasteiger partial charge in [-0.05, 0) is 37.5 Å². The normalized spacial score (nSPS) is 18.0. The van der Waals surface area contributed by atoms with Gasteiger partial charge >= 0.3 is 0 Å². The quantitative estimate of drug-likeness (QED) is 0.480. The van der Waals surface area contributed by atoms with E-state index in [-0.39, 0.29) is 12.3 Å². The van der Waals surface area contributed by atoms with Crippen LogP contribution >= 0.6 is 0 Å². The van der Waals surface area contributed by atoms with Crippen molar-refractivity contribution >= 4 is 5.71 Å². The summed E-state index contributed by atoms with van der Waals surface area (Å²) in [5.74, 6) is 0.570. The zero-order chi connectivity index (χ0) is 15.2. The molecule has 1 unspecified atom stereocenters. The van der Waals surface area contributed by atoms with E-state index in [1.807, 2.05) is 0 Å². The molecule has 0 amide bonds. The lowest BCUT2D eigenvalue weighted by Gasteiger charge is -2.17. The molecule has 0 radical (unpaired) electrons. The minimum absolute atomic E-state index is 0.161. The lowest BCUT2D eigenvalue weighted by molar-refractivity contribution is 0.0854. The molecule has 1 aliphatic carbocycles. The Kier molecular flexibility index (Phi) is 5.56. The van der Waals surface area contributed by atoms with Crippen LogP contribution < -0.4 is 4.74 Å². The molecule has 0 aromatic heterocycles. The number of aliphatic hydroxyl groups excluding tert-OH is 1. The summed E-state index contributed by atoms with van der Waals surface area (Å²) in [7, 11) is 0. The Hall–Kier alpha value is -1.62. The average molecular weight is 295 g/mol. The minimum Gasteiger partial charge on any atom is -0.490 e. The molecule has 116 valence electrons. The number of hydrogen-bond donors (Lipinski definition) is 2. The molecule has 0 aliphatic heterocycles. The molecule has 0 saturated heterocycles. The Labute approximate surface area is 124 Å². The summed E-state index contributed by atoms with van der Waals surface area (Å²) < 4.78 is 18.9. The highest BCUT2D eigenvalue weighted by Crippen LogP contribution is 2.29. The smallest absolute Gasteiger partial charge is 0.128 e. The zero-order valence-electron chi connectivity index (χ0n) is 12.3. The van der Waals surface area contributed by atoms with Crippen LogP contribution in [0, 0.1) is 11.7 Å². The third-order valence-electron chi connectivity index (χ3n) is 3.99. The summed E-state index contributed by atoms with van der Waals surface area (Å²) in [5.41, 5.74) is 0.667. The van der Waals surface area contributed by atoms with Crippen molar-refractivity contribution in [3.05, 3.63) is 29.6 Å². The fraction of sp³-hybridized carbons (Fsp3) is 0.562. The van der Waals surface area contributed by atoms with Crippen molar-refractivity contribution in [3.8, 4) is 5.75 Å². The first kappa shape index (κ1) is 15.8. The first-order chi connectivity index (χ1) is 10.1. The molecule has 1 atom stereocenters. The largest absolute Gasteiger partial charge is 0.490 e. The summed E-state index contributed by atoms with van der Waals surface area (Å²) in [6, 6.07) is 4.03. The SMILES string of the molecule is C/C(=N/O)c1cc(F)ccc1OCC(O)CC1CCCC1. The monoisotopic (exact) mass is 295 g/mol. The van der Waals surface area contributed by atoms with Crippen molar-refractivity contribution < 1.29 is 19.4 Å².